The van der Waals surface area contributed by atoms with E-state index in [1.165, 1.54) is 24.0 Å². The Morgan fingerprint density at radius 2 is 1.65 bits per heavy atom. The molecule has 0 spiro atoms. The maximum Gasteiger partial charge on any atom is 0.0213 e. The predicted molar refractivity (Wildman–Crippen MR) is 76.2 cm³/mol. The lowest BCUT2D eigenvalue weighted by molar-refractivity contribution is 0.423. The van der Waals surface area contributed by atoms with Gasteiger partial charge in [-0.05, 0) is 50.7 Å². The first kappa shape index (κ1) is 14.2. The lowest BCUT2D eigenvalue weighted by atomic mass is 9.98. The largest absolute Gasteiger partial charge is 0.308 e. The molecule has 0 saturated carbocycles. The van der Waals surface area contributed by atoms with Gasteiger partial charge in [-0.15, -0.1) is 0 Å². The fourth-order valence-electron chi connectivity index (χ4n) is 1.78. The van der Waals surface area contributed by atoms with Crippen molar-refractivity contribution in [3.05, 3.63) is 35.4 Å². The molecule has 0 bridgehead atoms. The molecule has 0 amide bonds. The first-order chi connectivity index (χ1) is 7.88. The fraction of sp³-hybridized carbons (Fsp3) is 0.625. The molecule has 1 N–H and O–H groups in total. The van der Waals surface area contributed by atoms with Gasteiger partial charge in [-0.2, -0.15) is 0 Å². The van der Waals surface area contributed by atoms with Gasteiger partial charge < -0.3 is 5.32 Å². The molecule has 0 aliphatic heterocycles. The molecular weight excluding hydrogens is 206 g/mol. The second-order valence-electron chi connectivity index (χ2n) is 6.30. The van der Waals surface area contributed by atoms with Crippen molar-refractivity contribution < 1.29 is 0 Å². The molecule has 0 heterocycles. The highest BCUT2D eigenvalue weighted by Crippen LogP contribution is 2.15. The standard InChI is InChI=1S/C16H27N/c1-13(2)10-11-14-8-6-7-9-15(14)12-17-16(3,4)5/h6-9,13,17H,10-12H2,1-5H3. The van der Waals surface area contributed by atoms with E-state index in [0.717, 1.165) is 12.5 Å². The van der Waals surface area contributed by atoms with Gasteiger partial charge in [-0.25, -0.2) is 0 Å². The van der Waals surface area contributed by atoms with Gasteiger partial charge >= 0.3 is 0 Å². The molecule has 0 radical (unpaired) electrons. The van der Waals surface area contributed by atoms with Crippen molar-refractivity contribution in [3.63, 3.8) is 0 Å². The molecule has 1 rings (SSSR count). The van der Waals surface area contributed by atoms with E-state index in [1.54, 1.807) is 0 Å². The maximum absolute atomic E-state index is 3.57. The Balaban J connectivity index is 2.64. The van der Waals surface area contributed by atoms with Gasteiger partial charge in [0.2, 0.25) is 0 Å². The SMILES string of the molecule is CC(C)CCc1ccccc1CNC(C)(C)C. The van der Waals surface area contributed by atoms with Gasteiger partial charge in [0.1, 0.15) is 0 Å². The van der Waals surface area contributed by atoms with Gasteiger partial charge in [-0.3, -0.25) is 0 Å². The van der Waals surface area contributed by atoms with E-state index in [2.05, 4.69) is 64.2 Å². The van der Waals surface area contributed by atoms with Crippen LogP contribution >= 0.6 is 0 Å². The molecule has 1 aromatic carbocycles. The number of rotatable bonds is 5. The summed E-state index contributed by atoms with van der Waals surface area (Å²) in [5.41, 5.74) is 3.13. The smallest absolute Gasteiger partial charge is 0.0213 e. The van der Waals surface area contributed by atoms with Crippen LogP contribution in [0.15, 0.2) is 24.3 Å². The summed E-state index contributed by atoms with van der Waals surface area (Å²) in [5.74, 6) is 0.777. The van der Waals surface area contributed by atoms with Crippen LogP contribution < -0.4 is 5.32 Å². The summed E-state index contributed by atoms with van der Waals surface area (Å²) >= 11 is 0. The Kier molecular flexibility index (Phi) is 5.20. The monoisotopic (exact) mass is 233 g/mol. The minimum atomic E-state index is 0.186. The van der Waals surface area contributed by atoms with Crippen LogP contribution in [0.3, 0.4) is 0 Å². The molecule has 0 aliphatic rings. The van der Waals surface area contributed by atoms with E-state index >= 15 is 0 Å². The summed E-state index contributed by atoms with van der Waals surface area (Å²) in [6, 6.07) is 8.80. The van der Waals surface area contributed by atoms with Crippen molar-refractivity contribution in [2.45, 2.75) is 59.5 Å². The predicted octanol–water partition coefficient (Wildman–Crippen LogP) is 4.16. The van der Waals surface area contributed by atoms with Crippen LogP contribution in [0.5, 0.6) is 0 Å². The van der Waals surface area contributed by atoms with Crippen LogP contribution in [0.4, 0.5) is 0 Å². The lowest BCUT2D eigenvalue weighted by Crippen LogP contribution is -2.35. The molecule has 0 unspecified atom stereocenters. The third-order valence-corrected chi connectivity index (χ3v) is 2.92. The summed E-state index contributed by atoms with van der Waals surface area (Å²) in [6.45, 7) is 12.2. The van der Waals surface area contributed by atoms with Crippen LogP contribution in [0.25, 0.3) is 0 Å². The highest BCUT2D eigenvalue weighted by Gasteiger charge is 2.10. The second-order valence-corrected chi connectivity index (χ2v) is 6.30. The quantitative estimate of drug-likeness (QED) is 0.805. The number of benzene rings is 1. The highest BCUT2D eigenvalue weighted by atomic mass is 14.9. The van der Waals surface area contributed by atoms with Crippen molar-refractivity contribution in [2.24, 2.45) is 5.92 Å². The number of nitrogens with one attached hydrogen (secondary N) is 1. The zero-order chi connectivity index (χ0) is 12.9. The number of aryl methyl sites for hydroxylation is 1. The van der Waals surface area contributed by atoms with Gasteiger partial charge in [0.15, 0.2) is 0 Å². The molecular formula is C16H27N. The Labute approximate surface area is 107 Å². The Morgan fingerprint density at radius 1 is 1.06 bits per heavy atom. The molecule has 1 aromatic rings. The highest BCUT2D eigenvalue weighted by molar-refractivity contribution is 5.27. The zero-order valence-corrected chi connectivity index (χ0v) is 12.0. The van der Waals surface area contributed by atoms with Crippen molar-refractivity contribution in [2.75, 3.05) is 0 Å². The summed E-state index contributed by atoms with van der Waals surface area (Å²) < 4.78 is 0. The molecule has 0 atom stereocenters. The molecule has 0 saturated heterocycles. The van der Waals surface area contributed by atoms with E-state index < -0.39 is 0 Å². The minimum Gasteiger partial charge on any atom is -0.308 e. The van der Waals surface area contributed by atoms with Crippen molar-refractivity contribution in [1.82, 2.24) is 5.32 Å². The van der Waals surface area contributed by atoms with Gasteiger partial charge in [0.05, 0.1) is 0 Å². The summed E-state index contributed by atoms with van der Waals surface area (Å²) in [4.78, 5) is 0. The normalized spacial score (nSPS) is 12.1. The lowest BCUT2D eigenvalue weighted by Gasteiger charge is -2.22. The second kappa shape index (κ2) is 6.20. The van der Waals surface area contributed by atoms with E-state index in [-0.39, 0.29) is 5.54 Å². The van der Waals surface area contributed by atoms with Crippen LogP contribution in [0.1, 0.15) is 52.2 Å². The Bertz CT molecular complexity index is 334. The molecule has 1 nitrogen and oxygen atoms in total. The van der Waals surface area contributed by atoms with Gasteiger partial charge in [0.25, 0.3) is 0 Å². The van der Waals surface area contributed by atoms with Crippen LogP contribution in [0, 0.1) is 5.92 Å². The third-order valence-electron chi connectivity index (χ3n) is 2.92. The molecule has 1 heteroatoms. The van der Waals surface area contributed by atoms with Crippen LogP contribution in [-0.4, -0.2) is 5.54 Å². The topological polar surface area (TPSA) is 12.0 Å². The molecule has 0 aliphatic carbocycles. The summed E-state index contributed by atoms with van der Waals surface area (Å²) in [6.07, 6.45) is 2.46. The third kappa shape index (κ3) is 5.88. The van der Waals surface area contributed by atoms with E-state index in [1.807, 2.05) is 0 Å². The molecule has 0 fully saturated rings. The first-order valence-electron chi connectivity index (χ1n) is 6.70. The number of hydrogen-bond donors (Lipinski definition) is 1. The zero-order valence-electron chi connectivity index (χ0n) is 12.0. The summed E-state index contributed by atoms with van der Waals surface area (Å²) in [5, 5.41) is 3.57. The first-order valence-corrected chi connectivity index (χ1v) is 6.70. The van der Waals surface area contributed by atoms with Crippen molar-refractivity contribution in [3.8, 4) is 0 Å². The molecule has 96 valence electrons. The van der Waals surface area contributed by atoms with E-state index in [0.29, 0.717) is 0 Å². The minimum absolute atomic E-state index is 0.186. The molecule has 0 aromatic heterocycles. The van der Waals surface area contributed by atoms with Gasteiger partial charge in [-0.1, -0.05) is 38.1 Å². The average Bonchev–Trinajstić information content (AvgIpc) is 2.23. The summed E-state index contributed by atoms with van der Waals surface area (Å²) in [7, 11) is 0. The van der Waals surface area contributed by atoms with Crippen LogP contribution in [-0.2, 0) is 13.0 Å². The Morgan fingerprint density at radius 3 is 2.18 bits per heavy atom. The van der Waals surface area contributed by atoms with E-state index in [4.69, 9.17) is 0 Å². The van der Waals surface area contributed by atoms with Crippen molar-refractivity contribution in [1.29, 1.82) is 0 Å². The Hall–Kier alpha value is -0.820. The van der Waals surface area contributed by atoms with Crippen LogP contribution in [0.2, 0.25) is 0 Å². The fourth-order valence-corrected chi connectivity index (χ4v) is 1.78. The number of hydrogen-bond acceptors (Lipinski definition) is 1. The van der Waals surface area contributed by atoms with Gasteiger partial charge in [0, 0.05) is 12.1 Å². The average molecular weight is 233 g/mol. The maximum atomic E-state index is 3.57. The van der Waals surface area contributed by atoms with E-state index in [9.17, 15) is 0 Å². The molecule has 17 heavy (non-hydrogen) atoms. The van der Waals surface area contributed by atoms with Crippen molar-refractivity contribution >= 4 is 0 Å².